The van der Waals surface area contributed by atoms with Gasteiger partial charge in [0.1, 0.15) is 25.0 Å². The van der Waals surface area contributed by atoms with Crippen molar-refractivity contribution in [1.29, 1.82) is 0 Å². The van der Waals surface area contributed by atoms with Crippen molar-refractivity contribution in [1.82, 2.24) is 10.6 Å². The van der Waals surface area contributed by atoms with E-state index in [9.17, 15) is 14.4 Å². The van der Waals surface area contributed by atoms with Crippen LogP contribution < -0.4 is 10.6 Å². The second-order valence-corrected chi connectivity index (χ2v) is 7.23. The number of ether oxygens (including phenoxy) is 1. The Balaban J connectivity index is 2.11. The molecule has 1 aliphatic heterocycles. The number of Topliss-reactive ketones (excluding diaryl/α,β-unsaturated/α-hetero) is 1. The first-order chi connectivity index (χ1) is 11.7. The van der Waals surface area contributed by atoms with Crippen molar-refractivity contribution in [2.45, 2.75) is 58.7 Å². The van der Waals surface area contributed by atoms with Gasteiger partial charge in [-0.2, -0.15) is 0 Å². The second kappa shape index (κ2) is 7.82. The van der Waals surface area contributed by atoms with E-state index >= 15 is 0 Å². The molecule has 2 rings (SSSR count). The quantitative estimate of drug-likeness (QED) is 0.780. The van der Waals surface area contributed by atoms with Gasteiger partial charge in [-0.15, -0.1) is 0 Å². The molecule has 1 aromatic rings. The summed E-state index contributed by atoms with van der Waals surface area (Å²) >= 11 is 0. The van der Waals surface area contributed by atoms with Crippen molar-refractivity contribution in [2.75, 3.05) is 6.61 Å². The third kappa shape index (κ3) is 4.92. The van der Waals surface area contributed by atoms with Crippen LogP contribution in [0.5, 0.6) is 0 Å². The minimum atomic E-state index is -0.752. The minimum Gasteiger partial charge on any atom is -0.472 e. The summed E-state index contributed by atoms with van der Waals surface area (Å²) < 4.78 is 10.2. The number of hydrogen-bond acceptors (Lipinski definition) is 5. The molecule has 0 aliphatic carbocycles. The van der Waals surface area contributed by atoms with Crippen LogP contribution >= 0.6 is 0 Å². The van der Waals surface area contributed by atoms with E-state index < -0.39 is 12.1 Å². The summed E-state index contributed by atoms with van der Waals surface area (Å²) in [7, 11) is 0. The normalized spacial score (nSPS) is 21.8. The van der Waals surface area contributed by atoms with Crippen molar-refractivity contribution in [3.05, 3.63) is 24.2 Å². The van der Waals surface area contributed by atoms with Crippen molar-refractivity contribution >= 4 is 17.6 Å². The molecule has 1 aromatic heterocycles. The average molecular weight is 350 g/mol. The first-order valence-electron chi connectivity index (χ1n) is 8.51. The smallest absolute Gasteiger partial charge is 0.255 e. The standard InChI is InChI=1S/C18H26N2O5/c1-5-18(3,4)8-13(19-16(22)12-6-7-24-9-12)17(23)20-15-11(2)25-10-14(15)21/h6-7,9,11,13,15H,5,8,10H2,1-4H3,(H,19,22)(H,20,23)/t11-,13-,15-/m0/s1. The van der Waals surface area contributed by atoms with Crippen LogP contribution in [0, 0.1) is 5.41 Å². The Labute approximate surface area is 147 Å². The Morgan fingerprint density at radius 3 is 2.64 bits per heavy atom. The van der Waals surface area contributed by atoms with Crippen LogP contribution in [0.4, 0.5) is 0 Å². The Morgan fingerprint density at radius 1 is 1.40 bits per heavy atom. The SMILES string of the molecule is CCC(C)(C)C[C@H](NC(=O)c1ccoc1)C(=O)N[C@@H]1C(=O)CO[C@H]1C. The third-order valence-electron chi connectivity index (χ3n) is 4.72. The van der Waals surface area contributed by atoms with E-state index in [4.69, 9.17) is 9.15 Å². The van der Waals surface area contributed by atoms with Crippen LogP contribution in [0.25, 0.3) is 0 Å². The van der Waals surface area contributed by atoms with Gasteiger partial charge in [-0.05, 0) is 24.8 Å². The Morgan fingerprint density at radius 2 is 2.12 bits per heavy atom. The van der Waals surface area contributed by atoms with Gasteiger partial charge in [0.05, 0.1) is 17.9 Å². The number of hydrogen-bond donors (Lipinski definition) is 2. The van der Waals surface area contributed by atoms with E-state index in [-0.39, 0.29) is 35.7 Å². The molecule has 3 atom stereocenters. The van der Waals surface area contributed by atoms with Gasteiger partial charge >= 0.3 is 0 Å². The van der Waals surface area contributed by atoms with Crippen LogP contribution in [0.2, 0.25) is 0 Å². The summed E-state index contributed by atoms with van der Waals surface area (Å²) in [6.07, 6.45) is 3.65. The summed E-state index contributed by atoms with van der Waals surface area (Å²) in [5.41, 5.74) is 0.203. The van der Waals surface area contributed by atoms with Crippen LogP contribution in [0.3, 0.4) is 0 Å². The Kier molecular flexibility index (Phi) is 6.00. The highest BCUT2D eigenvalue weighted by Gasteiger charge is 2.37. The van der Waals surface area contributed by atoms with Crippen molar-refractivity contribution in [3.63, 3.8) is 0 Å². The van der Waals surface area contributed by atoms with Crippen molar-refractivity contribution in [2.24, 2.45) is 5.41 Å². The van der Waals surface area contributed by atoms with E-state index in [1.165, 1.54) is 18.6 Å². The lowest BCUT2D eigenvalue weighted by atomic mass is 9.83. The molecule has 0 radical (unpaired) electrons. The fraction of sp³-hybridized carbons (Fsp3) is 0.611. The molecule has 0 saturated carbocycles. The summed E-state index contributed by atoms with van der Waals surface area (Å²) in [5, 5.41) is 5.47. The highest BCUT2D eigenvalue weighted by atomic mass is 16.5. The molecule has 7 heteroatoms. The monoisotopic (exact) mass is 350 g/mol. The molecule has 7 nitrogen and oxygen atoms in total. The molecule has 0 aromatic carbocycles. The van der Waals surface area contributed by atoms with Gasteiger partial charge in [0.2, 0.25) is 5.91 Å². The maximum absolute atomic E-state index is 12.7. The molecular weight excluding hydrogens is 324 g/mol. The molecular formula is C18H26N2O5. The van der Waals surface area contributed by atoms with Gasteiger partial charge < -0.3 is 19.8 Å². The molecule has 2 N–H and O–H groups in total. The lowest BCUT2D eigenvalue weighted by Crippen LogP contribution is -2.54. The van der Waals surface area contributed by atoms with Crippen LogP contribution in [-0.4, -0.2) is 42.4 Å². The van der Waals surface area contributed by atoms with Crippen LogP contribution in [0.15, 0.2) is 23.0 Å². The van der Waals surface area contributed by atoms with Gasteiger partial charge in [0, 0.05) is 0 Å². The van der Waals surface area contributed by atoms with E-state index in [0.717, 1.165) is 6.42 Å². The zero-order valence-electron chi connectivity index (χ0n) is 15.1. The van der Waals surface area contributed by atoms with Gasteiger partial charge in [0.15, 0.2) is 5.78 Å². The largest absolute Gasteiger partial charge is 0.472 e. The Hall–Kier alpha value is -2.15. The van der Waals surface area contributed by atoms with E-state index in [1.807, 2.05) is 20.8 Å². The first kappa shape index (κ1) is 19.2. The summed E-state index contributed by atoms with van der Waals surface area (Å²) in [4.78, 5) is 36.9. The number of amides is 2. The maximum Gasteiger partial charge on any atom is 0.255 e. The predicted molar refractivity (Wildman–Crippen MR) is 91.0 cm³/mol. The van der Waals surface area contributed by atoms with Gasteiger partial charge in [-0.1, -0.05) is 27.2 Å². The zero-order valence-corrected chi connectivity index (χ0v) is 15.1. The van der Waals surface area contributed by atoms with E-state index in [2.05, 4.69) is 10.6 Å². The number of rotatable bonds is 7. The first-order valence-corrected chi connectivity index (χ1v) is 8.51. The van der Waals surface area contributed by atoms with Gasteiger partial charge in [-0.25, -0.2) is 0 Å². The highest BCUT2D eigenvalue weighted by molar-refractivity contribution is 5.98. The third-order valence-corrected chi connectivity index (χ3v) is 4.72. The van der Waals surface area contributed by atoms with Crippen molar-refractivity contribution < 1.29 is 23.5 Å². The average Bonchev–Trinajstić information content (AvgIpc) is 3.19. The maximum atomic E-state index is 12.7. The number of carbonyl (C=O) groups is 3. The summed E-state index contributed by atoms with van der Waals surface area (Å²) in [6, 6.07) is 0.106. The molecule has 2 heterocycles. The molecule has 2 amide bonds. The molecule has 138 valence electrons. The van der Waals surface area contributed by atoms with Crippen molar-refractivity contribution in [3.8, 4) is 0 Å². The van der Waals surface area contributed by atoms with Crippen LogP contribution in [-0.2, 0) is 14.3 Å². The lowest BCUT2D eigenvalue weighted by Gasteiger charge is -2.29. The molecule has 0 spiro atoms. The second-order valence-electron chi connectivity index (χ2n) is 7.23. The summed E-state index contributed by atoms with van der Waals surface area (Å²) in [5.74, 6) is -0.924. The van der Waals surface area contributed by atoms with Gasteiger partial charge in [-0.3, -0.25) is 14.4 Å². The number of furan rings is 1. The van der Waals surface area contributed by atoms with Gasteiger partial charge in [0.25, 0.3) is 5.91 Å². The molecule has 1 saturated heterocycles. The predicted octanol–water partition coefficient (Wildman–Crippen LogP) is 1.68. The fourth-order valence-electron chi connectivity index (χ4n) is 2.65. The molecule has 1 fully saturated rings. The highest BCUT2D eigenvalue weighted by Crippen LogP contribution is 2.26. The Bertz CT molecular complexity index is 623. The summed E-state index contributed by atoms with van der Waals surface area (Å²) in [6.45, 7) is 7.83. The number of carbonyl (C=O) groups excluding carboxylic acids is 3. The zero-order chi connectivity index (χ0) is 18.6. The fourth-order valence-corrected chi connectivity index (χ4v) is 2.65. The minimum absolute atomic E-state index is 0.00138. The van der Waals surface area contributed by atoms with Crippen LogP contribution in [0.1, 0.15) is 50.9 Å². The molecule has 1 aliphatic rings. The van der Waals surface area contributed by atoms with E-state index in [1.54, 1.807) is 6.92 Å². The number of nitrogens with one attached hydrogen (secondary N) is 2. The topological polar surface area (TPSA) is 97.6 Å². The molecule has 0 unspecified atom stereocenters. The molecule has 0 bridgehead atoms. The lowest BCUT2D eigenvalue weighted by molar-refractivity contribution is -0.128. The number of ketones is 1. The van der Waals surface area contributed by atoms with E-state index in [0.29, 0.717) is 12.0 Å². The molecule has 25 heavy (non-hydrogen) atoms.